The average molecular weight is 381 g/mol. The molecule has 134 valence electrons. The van der Waals surface area contributed by atoms with E-state index < -0.39 is 15.9 Å². The maximum atomic E-state index is 12.8. The molecule has 0 saturated carbocycles. The van der Waals surface area contributed by atoms with E-state index in [0.717, 1.165) is 0 Å². The van der Waals surface area contributed by atoms with Crippen molar-refractivity contribution >= 4 is 33.2 Å². The van der Waals surface area contributed by atoms with Crippen molar-refractivity contribution in [3.8, 4) is 0 Å². The number of sulfonamides is 1. The SMILES string of the molecule is CCN(CC)S(=O)(=O)c1cc(C(=O)Nc2cccc(Cl)c2)ccc1C. The Labute approximate surface area is 153 Å². The molecule has 0 aliphatic rings. The van der Waals surface area contributed by atoms with Gasteiger partial charge in [-0.2, -0.15) is 4.31 Å². The molecule has 0 atom stereocenters. The highest BCUT2D eigenvalue weighted by atomic mass is 35.5. The molecule has 7 heteroatoms. The summed E-state index contributed by atoms with van der Waals surface area (Å²) in [4.78, 5) is 12.6. The molecule has 0 fully saturated rings. The summed E-state index contributed by atoms with van der Waals surface area (Å²) in [6.07, 6.45) is 0. The van der Waals surface area contributed by atoms with Crippen molar-refractivity contribution in [3.05, 3.63) is 58.6 Å². The van der Waals surface area contributed by atoms with Crippen LogP contribution in [0.2, 0.25) is 5.02 Å². The molecule has 0 bridgehead atoms. The number of rotatable bonds is 6. The Hall–Kier alpha value is -1.89. The van der Waals surface area contributed by atoms with Gasteiger partial charge >= 0.3 is 0 Å². The number of nitrogens with one attached hydrogen (secondary N) is 1. The Bertz CT molecular complexity index is 878. The summed E-state index contributed by atoms with van der Waals surface area (Å²) >= 11 is 5.91. The lowest BCUT2D eigenvalue weighted by molar-refractivity contribution is 0.102. The Morgan fingerprint density at radius 1 is 1.12 bits per heavy atom. The van der Waals surface area contributed by atoms with Gasteiger partial charge in [0.2, 0.25) is 10.0 Å². The van der Waals surface area contributed by atoms with E-state index in [1.54, 1.807) is 57.2 Å². The number of halogens is 1. The smallest absolute Gasteiger partial charge is 0.255 e. The van der Waals surface area contributed by atoms with Crippen LogP contribution >= 0.6 is 11.6 Å². The molecule has 0 aromatic heterocycles. The second-order valence-corrected chi connectivity index (χ2v) is 7.88. The second kappa shape index (κ2) is 7.99. The van der Waals surface area contributed by atoms with Gasteiger partial charge in [-0.15, -0.1) is 0 Å². The zero-order valence-electron chi connectivity index (χ0n) is 14.4. The normalized spacial score (nSPS) is 11.6. The van der Waals surface area contributed by atoms with Gasteiger partial charge < -0.3 is 5.32 Å². The fourth-order valence-corrected chi connectivity index (χ4v) is 4.39. The van der Waals surface area contributed by atoms with Gasteiger partial charge in [-0.25, -0.2) is 8.42 Å². The highest BCUT2D eigenvalue weighted by Gasteiger charge is 2.24. The molecule has 0 aliphatic carbocycles. The molecule has 1 amide bonds. The molecule has 25 heavy (non-hydrogen) atoms. The van der Waals surface area contributed by atoms with E-state index >= 15 is 0 Å². The Kier molecular flexibility index (Phi) is 6.21. The average Bonchev–Trinajstić information content (AvgIpc) is 2.55. The summed E-state index contributed by atoms with van der Waals surface area (Å²) in [5.74, 6) is -0.390. The van der Waals surface area contributed by atoms with Gasteiger partial charge in [-0.05, 0) is 42.8 Å². The minimum atomic E-state index is -3.64. The van der Waals surface area contributed by atoms with Gasteiger partial charge in [0.15, 0.2) is 0 Å². The highest BCUT2D eigenvalue weighted by molar-refractivity contribution is 7.89. The van der Waals surface area contributed by atoms with Crippen LogP contribution in [0.1, 0.15) is 29.8 Å². The zero-order chi connectivity index (χ0) is 18.6. The van der Waals surface area contributed by atoms with Gasteiger partial charge in [-0.3, -0.25) is 4.79 Å². The van der Waals surface area contributed by atoms with Crippen LogP contribution in [0.25, 0.3) is 0 Å². The van der Waals surface area contributed by atoms with Crippen molar-refractivity contribution in [3.63, 3.8) is 0 Å². The molecule has 0 radical (unpaired) electrons. The van der Waals surface area contributed by atoms with Crippen molar-refractivity contribution in [1.29, 1.82) is 0 Å². The van der Waals surface area contributed by atoms with Crippen molar-refractivity contribution in [2.24, 2.45) is 0 Å². The van der Waals surface area contributed by atoms with Crippen LogP contribution in [0.5, 0.6) is 0 Å². The quantitative estimate of drug-likeness (QED) is 0.825. The van der Waals surface area contributed by atoms with Crippen LogP contribution < -0.4 is 5.32 Å². The van der Waals surface area contributed by atoms with Crippen LogP contribution in [0.3, 0.4) is 0 Å². The van der Waals surface area contributed by atoms with E-state index in [1.807, 2.05) is 0 Å². The molecule has 0 aliphatic heterocycles. The van der Waals surface area contributed by atoms with E-state index in [1.165, 1.54) is 10.4 Å². The topological polar surface area (TPSA) is 66.5 Å². The molecule has 0 unspecified atom stereocenters. The summed E-state index contributed by atoms with van der Waals surface area (Å²) < 4.78 is 26.9. The molecule has 0 heterocycles. The van der Waals surface area contributed by atoms with Crippen LogP contribution in [-0.4, -0.2) is 31.7 Å². The summed E-state index contributed by atoms with van der Waals surface area (Å²) in [6, 6.07) is 11.4. The lowest BCUT2D eigenvalue weighted by Crippen LogP contribution is -2.31. The van der Waals surface area contributed by atoms with E-state index in [9.17, 15) is 13.2 Å². The molecular formula is C18H21ClN2O3S. The van der Waals surface area contributed by atoms with Crippen molar-refractivity contribution < 1.29 is 13.2 Å². The fraction of sp³-hybridized carbons (Fsp3) is 0.278. The standard InChI is InChI=1S/C18H21ClN2O3S/c1-4-21(5-2)25(23,24)17-11-14(10-9-13(17)3)18(22)20-16-8-6-7-15(19)12-16/h6-12H,4-5H2,1-3H3,(H,20,22). The highest BCUT2D eigenvalue weighted by Crippen LogP contribution is 2.22. The number of carbonyl (C=O) groups excluding carboxylic acids is 1. The van der Waals surface area contributed by atoms with Crippen LogP contribution in [-0.2, 0) is 10.0 Å². The third-order valence-electron chi connectivity index (χ3n) is 3.86. The van der Waals surface area contributed by atoms with Crippen LogP contribution in [0, 0.1) is 6.92 Å². The molecule has 1 N–H and O–H groups in total. The number of amides is 1. The van der Waals surface area contributed by atoms with Crippen molar-refractivity contribution in [2.75, 3.05) is 18.4 Å². The maximum Gasteiger partial charge on any atom is 0.255 e. The summed E-state index contributed by atoms with van der Waals surface area (Å²) in [5, 5.41) is 3.23. The first-order valence-electron chi connectivity index (χ1n) is 7.97. The molecule has 2 aromatic rings. The van der Waals surface area contributed by atoms with Crippen LogP contribution in [0.15, 0.2) is 47.4 Å². The molecule has 5 nitrogen and oxygen atoms in total. The third kappa shape index (κ3) is 4.39. The molecular weight excluding hydrogens is 360 g/mol. The maximum absolute atomic E-state index is 12.8. The van der Waals surface area contributed by atoms with E-state index in [0.29, 0.717) is 29.4 Å². The fourth-order valence-electron chi connectivity index (χ4n) is 2.49. The van der Waals surface area contributed by atoms with Gasteiger partial charge in [0.05, 0.1) is 4.90 Å². The second-order valence-electron chi connectivity index (χ2n) is 5.53. The van der Waals surface area contributed by atoms with Crippen molar-refractivity contribution in [1.82, 2.24) is 4.31 Å². The molecule has 0 spiro atoms. The number of carbonyl (C=O) groups is 1. The lowest BCUT2D eigenvalue weighted by Gasteiger charge is -2.20. The Morgan fingerprint density at radius 3 is 2.40 bits per heavy atom. The predicted molar refractivity (Wildman–Crippen MR) is 101 cm³/mol. The first-order chi connectivity index (χ1) is 11.8. The number of benzene rings is 2. The summed E-state index contributed by atoms with van der Waals surface area (Å²) in [5.41, 5.74) is 1.42. The van der Waals surface area contributed by atoms with E-state index in [4.69, 9.17) is 11.6 Å². The minimum absolute atomic E-state index is 0.148. The van der Waals surface area contributed by atoms with E-state index in [-0.39, 0.29) is 10.5 Å². The predicted octanol–water partition coefficient (Wildman–Crippen LogP) is 3.93. The first kappa shape index (κ1) is 19.4. The Balaban J connectivity index is 2.37. The minimum Gasteiger partial charge on any atom is -0.322 e. The molecule has 2 aromatic carbocycles. The van der Waals surface area contributed by atoms with Gasteiger partial charge in [0, 0.05) is 29.4 Å². The first-order valence-corrected chi connectivity index (χ1v) is 9.79. The van der Waals surface area contributed by atoms with Gasteiger partial charge in [-0.1, -0.05) is 37.6 Å². The van der Waals surface area contributed by atoms with Crippen LogP contribution in [0.4, 0.5) is 5.69 Å². The molecule has 2 rings (SSSR count). The Morgan fingerprint density at radius 2 is 1.80 bits per heavy atom. The third-order valence-corrected chi connectivity index (χ3v) is 6.28. The lowest BCUT2D eigenvalue weighted by atomic mass is 10.1. The largest absolute Gasteiger partial charge is 0.322 e. The van der Waals surface area contributed by atoms with E-state index in [2.05, 4.69) is 5.32 Å². The zero-order valence-corrected chi connectivity index (χ0v) is 16.0. The summed E-state index contributed by atoms with van der Waals surface area (Å²) in [7, 11) is -3.64. The summed E-state index contributed by atoms with van der Waals surface area (Å²) in [6.45, 7) is 6.03. The monoisotopic (exact) mass is 380 g/mol. The number of aryl methyl sites for hydroxylation is 1. The molecule has 0 saturated heterocycles. The van der Waals surface area contributed by atoms with Gasteiger partial charge in [0.25, 0.3) is 5.91 Å². The number of hydrogen-bond acceptors (Lipinski definition) is 3. The number of anilines is 1. The number of nitrogens with zero attached hydrogens (tertiary/aromatic N) is 1. The van der Waals surface area contributed by atoms with Crippen molar-refractivity contribution in [2.45, 2.75) is 25.7 Å². The number of hydrogen-bond donors (Lipinski definition) is 1. The van der Waals surface area contributed by atoms with Gasteiger partial charge in [0.1, 0.15) is 0 Å².